The Balaban J connectivity index is 2.94. The first-order valence-electron chi connectivity index (χ1n) is 3.53. The Kier molecular flexibility index (Phi) is 2.87. The van der Waals surface area contributed by atoms with E-state index in [9.17, 15) is 8.42 Å². The molecule has 0 aromatic carbocycles. The van der Waals surface area contributed by atoms with Gasteiger partial charge in [0.25, 0.3) is 0 Å². The van der Waals surface area contributed by atoms with E-state index in [0.717, 1.165) is 4.88 Å². The van der Waals surface area contributed by atoms with Gasteiger partial charge in [0, 0.05) is 4.88 Å². The van der Waals surface area contributed by atoms with E-state index in [-0.39, 0.29) is 0 Å². The largest absolute Gasteiger partial charge is 0.218 e. The zero-order chi connectivity index (χ0) is 9.19. The Hall–Kier alpha value is -0.390. The van der Waals surface area contributed by atoms with E-state index < -0.39 is 15.3 Å². The maximum atomic E-state index is 11.3. The molecule has 1 aromatic heterocycles. The first-order chi connectivity index (χ1) is 5.58. The Morgan fingerprint density at radius 1 is 1.58 bits per heavy atom. The first-order valence-corrected chi connectivity index (χ1v) is 5.96. The summed E-state index contributed by atoms with van der Waals surface area (Å²) in [6, 6.07) is 3.67. The van der Waals surface area contributed by atoms with Gasteiger partial charge in [0.05, 0.1) is 0 Å². The predicted molar refractivity (Wildman–Crippen MR) is 50.7 cm³/mol. The smallest absolute Gasteiger partial charge is 0.218 e. The molecule has 0 aliphatic heterocycles. The number of rotatable bonds is 3. The van der Waals surface area contributed by atoms with Crippen molar-refractivity contribution in [1.29, 1.82) is 0 Å². The van der Waals surface area contributed by atoms with Crippen molar-refractivity contribution in [3.63, 3.8) is 0 Å². The van der Waals surface area contributed by atoms with Gasteiger partial charge in [0.2, 0.25) is 10.0 Å². The number of thiophene rings is 1. The molecular weight excluding hydrogens is 194 g/mol. The van der Waals surface area contributed by atoms with Crippen LogP contribution in [-0.4, -0.2) is 15.5 Å². The van der Waals surface area contributed by atoms with E-state index >= 15 is 0 Å². The number of hydrogen-bond acceptors (Lipinski definition) is 3. The second-order valence-electron chi connectivity index (χ2n) is 2.41. The van der Waals surface area contributed by atoms with Crippen LogP contribution in [0.15, 0.2) is 17.5 Å². The molecule has 3 nitrogen and oxygen atoms in total. The molecule has 1 N–H and O–H groups in total. The Morgan fingerprint density at radius 3 is 2.67 bits per heavy atom. The summed E-state index contributed by atoms with van der Waals surface area (Å²) in [7, 11) is -1.73. The van der Waals surface area contributed by atoms with Gasteiger partial charge in [-0.05, 0) is 25.4 Å². The molecule has 0 saturated heterocycles. The molecule has 0 aliphatic carbocycles. The molecule has 0 bridgehead atoms. The van der Waals surface area contributed by atoms with Crippen LogP contribution in [-0.2, 0) is 10.0 Å². The Morgan fingerprint density at radius 2 is 2.25 bits per heavy atom. The van der Waals surface area contributed by atoms with Crippen LogP contribution in [0.1, 0.15) is 17.1 Å². The number of sulfonamides is 1. The highest BCUT2D eigenvalue weighted by Gasteiger charge is 2.20. The minimum absolute atomic E-state index is 0.456. The van der Waals surface area contributed by atoms with Crippen molar-refractivity contribution < 1.29 is 8.42 Å². The summed E-state index contributed by atoms with van der Waals surface area (Å²) in [4.78, 5) is 0.865. The fourth-order valence-electron chi connectivity index (χ4n) is 0.852. The minimum Gasteiger partial charge on any atom is -0.218 e. The van der Waals surface area contributed by atoms with Crippen molar-refractivity contribution >= 4 is 21.4 Å². The van der Waals surface area contributed by atoms with Gasteiger partial charge in [-0.2, -0.15) is 0 Å². The molecule has 1 aromatic rings. The van der Waals surface area contributed by atoms with E-state index in [1.165, 1.54) is 18.4 Å². The van der Waals surface area contributed by atoms with Gasteiger partial charge in [-0.15, -0.1) is 11.3 Å². The van der Waals surface area contributed by atoms with E-state index in [4.69, 9.17) is 0 Å². The standard InChI is InChI=1S/C7H11NO2S2/c1-6(12(9,10)8-2)7-4-3-5-11-7/h3-6,8H,1-2H3. The highest BCUT2D eigenvalue weighted by atomic mass is 32.2. The van der Waals surface area contributed by atoms with Gasteiger partial charge >= 0.3 is 0 Å². The molecule has 0 amide bonds. The van der Waals surface area contributed by atoms with E-state index in [0.29, 0.717) is 0 Å². The van der Waals surface area contributed by atoms with Crippen molar-refractivity contribution in [2.24, 2.45) is 0 Å². The van der Waals surface area contributed by atoms with Crippen LogP contribution in [0.4, 0.5) is 0 Å². The van der Waals surface area contributed by atoms with Crippen LogP contribution in [0.25, 0.3) is 0 Å². The maximum absolute atomic E-state index is 11.3. The highest BCUT2D eigenvalue weighted by Crippen LogP contribution is 2.24. The van der Waals surface area contributed by atoms with Crippen LogP contribution in [0, 0.1) is 0 Å². The van der Waals surface area contributed by atoms with Gasteiger partial charge in [-0.1, -0.05) is 6.07 Å². The molecule has 0 saturated carbocycles. The van der Waals surface area contributed by atoms with Crippen LogP contribution in [0.3, 0.4) is 0 Å². The normalized spacial score (nSPS) is 14.5. The van der Waals surface area contributed by atoms with Gasteiger partial charge < -0.3 is 0 Å². The zero-order valence-electron chi connectivity index (χ0n) is 6.94. The second-order valence-corrected chi connectivity index (χ2v) is 5.59. The number of nitrogens with one attached hydrogen (secondary N) is 1. The fraction of sp³-hybridized carbons (Fsp3) is 0.429. The minimum atomic E-state index is -3.16. The third-order valence-corrected chi connectivity index (χ3v) is 4.65. The lowest BCUT2D eigenvalue weighted by Gasteiger charge is -2.08. The highest BCUT2D eigenvalue weighted by molar-refractivity contribution is 7.89. The van der Waals surface area contributed by atoms with Crippen LogP contribution < -0.4 is 4.72 Å². The summed E-state index contributed by atoms with van der Waals surface area (Å²) in [5, 5.41) is 1.42. The molecular formula is C7H11NO2S2. The van der Waals surface area contributed by atoms with Crippen LogP contribution >= 0.6 is 11.3 Å². The van der Waals surface area contributed by atoms with E-state index in [2.05, 4.69) is 4.72 Å². The summed E-state index contributed by atoms with van der Waals surface area (Å²) in [5.41, 5.74) is 0. The van der Waals surface area contributed by atoms with Gasteiger partial charge in [-0.3, -0.25) is 0 Å². The van der Waals surface area contributed by atoms with Crippen molar-refractivity contribution in [1.82, 2.24) is 4.72 Å². The SMILES string of the molecule is CNS(=O)(=O)C(C)c1cccs1. The van der Waals surface area contributed by atoms with Crippen molar-refractivity contribution in [3.05, 3.63) is 22.4 Å². The molecule has 1 atom stereocenters. The lowest BCUT2D eigenvalue weighted by atomic mass is 10.4. The molecule has 1 unspecified atom stereocenters. The van der Waals surface area contributed by atoms with E-state index in [1.54, 1.807) is 6.92 Å². The van der Waals surface area contributed by atoms with Crippen LogP contribution in [0.2, 0.25) is 0 Å². The first kappa shape index (κ1) is 9.70. The van der Waals surface area contributed by atoms with Crippen LogP contribution in [0.5, 0.6) is 0 Å². The third-order valence-electron chi connectivity index (χ3n) is 1.69. The Bertz CT molecular complexity index is 328. The Labute approximate surface area is 76.5 Å². The topological polar surface area (TPSA) is 46.2 Å². The quantitative estimate of drug-likeness (QED) is 0.810. The molecule has 0 spiro atoms. The van der Waals surface area contributed by atoms with Crippen molar-refractivity contribution in [3.8, 4) is 0 Å². The van der Waals surface area contributed by atoms with Gasteiger partial charge in [-0.25, -0.2) is 13.1 Å². The lowest BCUT2D eigenvalue weighted by molar-refractivity contribution is 0.579. The molecule has 1 heterocycles. The maximum Gasteiger partial charge on any atom is 0.218 e. The molecule has 12 heavy (non-hydrogen) atoms. The summed E-state index contributed by atoms with van der Waals surface area (Å²) in [6.45, 7) is 1.68. The predicted octanol–water partition coefficient (Wildman–Crippen LogP) is 1.36. The zero-order valence-corrected chi connectivity index (χ0v) is 8.58. The summed E-state index contributed by atoms with van der Waals surface area (Å²) < 4.78 is 24.9. The van der Waals surface area contributed by atoms with Crippen molar-refractivity contribution in [2.45, 2.75) is 12.2 Å². The number of hydrogen-bond donors (Lipinski definition) is 1. The molecule has 1 rings (SSSR count). The molecule has 0 aliphatic rings. The van der Waals surface area contributed by atoms with E-state index in [1.807, 2.05) is 17.5 Å². The van der Waals surface area contributed by atoms with Gasteiger partial charge in [0.1, 0.15) is 5.25 Å². The summed E-state index contributed by atoms with van der Waals surface area (Å²) >= 11 is 1.45. The second kappa shape index (κ2) is 3.55. The molecule has 5 heteroatoms. The summed E-state index contributed by atoms with van der Waals surface area (Å²) in [5.74, 6) is 0. The monoisotopic (exact) mass is 205 g/mol. The van der Waals surface area contributed by atoms with Crippen molar-refractivity contribution in [2.75, 3.05) is 7.05 Å². The fourth-order valence-corrected chi connectivity index (χ4v) is 2.80. The average Bonchev–Trinajstić information content (AvgIpc) is 2.55. The molecule has 68 valence electrons. The molecule has 0 fully saturated rings. The average molecular weight is 205 g/mol. The molecule has 0 radical (unpaired) electrons. The van der Waals surface area contributed by atoms with Gasteiger partial charge in [0.15, 0.2) is 0 Å². The lowest BCUT2D eigenvalue weighted by Crippen LogP contribution is -2.23. The summed E-state index contributed by atoms with van der Waals surface area (Å²) in [6.07, 6.45) is 0. The third kappa shape index (κ3) is 1.85.